The van der Waals surface area contributed by atoms with E-state index in [-0.39, 0.29) is 12.1 Å². The van der Waals surface area contributed by atoms with Crippen LogP contribution in [0.15, 0.2) is 36.4 Å². The quantitative estimate of drug-likeness (QED) is 0.666. The van der Waals surface area contributed by atoms with Crippen molar-refractivity contribution in [2.75, 3.05) is 18.0 Å². The van der Waals surface area contributed by atoms with E-state index < -0.39 is 13.1 Å². The van der Waals surface area contributed by atoms with Gasteiger partial charge in [-0.1, -0.05) is 30.4 Å². The maximum Gasteiger partial charge on any atom is 0.0719 e. The average Bonchev–Trinajstić information content (AvgIpc) is 2.79. The lowest BCUT2D eigenvalue weighted by molar-refractivity contribution is 0.337. The number of hydrogen-bond acceptors (Lipinski definition) is 2. The van der Waals surface area contributed by atoms with Crippen molar-refractivity contribution in [3.05, 3.63) is 42.0 Å². The Hall–Kier alpha value is -1.28. The summed E-state index contributed by atoms with van der Waals surface area (Å²) in [7, 11) is 0. The standard InChI is InChI=1S/C14H18N2/c1-11-6-3-4-7-13(11)16-10-15-9-5-8-14(15)12(16)2/h3-8,12,14H,9-10H2,1-2H3/t12-,14?/m0/s1/i9D2,10D/t10?,12-,14?. The largest absolute Gasteiger partial charge is 0.354 e. The highest BCUT2D eigenvalue weighted by Crippen LogP contribution is 2.31. The first kappa shape index (κ1) is 7.13. The minimum absolute atomic E-state index is 0.0305. The van der Waals surface area contributed by atoms with Crippen LogP contribution in [0.4, 0.5) is 5.69 Å². The van der Waals surface area contributed by atoms with Crippen LogP contribution in [0.5, 0.6) is 0 Å². The number of fused-ring (bicyclic) bond motifs is 1. The molecule has 2 heteroatoms. The van der Waals surface area contributed by atoms with Gasteiger partial charge in [0.2, 0.25) is 0 Å². The van der Waals surface area contributed by atoms with Gasteiger partial charge in [0.05, 0.1) is 14.1 Å². The summed E-state index contributed by atoms with van der Waals surface area (Å²) < 4.78 is 24.4. The Kier molecular flexibility index (Phi) is 1.62. The van der Waals surface area contributed by atoms with Gasteiger partial charge in [0.15, 0.2) is 0 Å². The van der Waals surface area contributed by atoms with Gasteiger partial charge in [-0.25, -0.2) is 0 Å². The molecule has 0 N–H and O–H groups in total. The second kappa shape index (κ2) is 3.63. The summed E-state index contributed by atoms with van der Waals surface area (Å²) in [6.45, 7) is 1.88. The molecule has 1 fully saturated rings. The molecule has 3 atom stereocenters. The van der Waals surface area contributed by atoms with Crippen molar-refractivity contribution in [2.24, 2.45) is 0 Å². The van der Waals surface area contributed by atoms with Gasteiger partial charge >= 0.3 is 0 Å². The topological polar surface area (TPSA) is 6.48 Å². The number of anilines is 1. The van der Waals surface area contributed by atoms with Crippen LogP contribution in [0.25, 0.3) is 0 Å². The summed E-state index contributed by atoms with van der Waals surface area (Å²) >= 11 is 0. The molecule has 2 nitrogen and oxygen atoms in total. The molecule has 16 heavy (non-hydrogen) atoms. The molecule has 0 amide bonds. The minimum atomic E-state index is -1.53. The summed E-state index contributed by atoms with van der Waals surface area (Å²) in [5.41, 5.74) is 2.14. The number of para-hydroxylation sites is 1. The molecule has 2 unspecified atom stereocenters. The van der Waals surface area contributed by atoms with Crippen molar-refractivity contribution >= 4 is 5.69 Å². The molecular weight excluding hydrogens is 196 g/mol. The van der Waals surface area contributed by atoms with Crippen LogP contribution in [0, 0.1) is 6.92 Å². The second-order valence-electron chi connectivity index (χ2n) is 4.44. The first-order valence-electron chi connectivity index (χ1n) is 7.25. The van der Waals surface area contributed by atoms with E-state index in [4.69, 9.17) is 4.11 Å². The van der Waals surface area contributed by atoms with E-state index in [0.717, 1.165) is 11.3 Å². The molecule has 2 heterocycles. The summed E-state index contributed by atoms with van der Waals surface area (Å²) in [5, 5.41) is 0. The monoisotopic (exact) mass is 217 g/mol. The van der Waals surface area contributed by atoms with Crippen molar-refractivity contribution in [2.45, 2.75) is 25.9 Å². The lowest BCUT2D eigenvalue weighted by Crippen LogP contribution is -2.32. The smallest absolute Gasteiger partial charge is 0.0719 e. The predicted molar refractivity (Wildman–Crippen MR) is 67.6 cm³/mol. The summed E-state index contributed by atoms with van der Waals surface area (Å²) in [6, 6.07) is 8.06. The Morgan fingerprint density at radius 3 is 2.94 bits per heavy atom. The second-order valence-corrected chi connectivity index (χ2v) is 4.44. The fraction of sp³-hybridized carbons (Fsp3) is 0.429. The van der Waals surface area contributed by atoms with Gasteiger partial charge in [-0.2, -0.15) is 0 Å². The molecule has 3 rings (SSSR count). The molecule has 0 spiro atoms. The number of rotatable bonds is 1. The van der Waals surface area contributed by atoms with Gasteiger partial charge in [-0.15, -0.1) is 0 Å². The van der Waals surface area contributed by atoms with Gasteiger partial charge in [0.1, 0.15) is 0 Å². The van der Waals surface area contributed by atoms with Crippen molar-refractivity contribution in [1.82, 2.24) is 4.90 Å². The maximum atomic E-state index is 8.41. The average molecular weight is 217 g/mol. The summed E-state index contributed by atoms with van der Waals surface area (Å²) in [5.74, 6) is 0. The maximum absolute atomic E-state index is 8.41. The molecule has 1 saturated heterocycles. The molecule has 0 bridgehead atoms. The van der Waals surface area contributed by atoms with E-state index in [0.29, 0.717) is 0 Å². The van der Waals surface area contributed by atoms with Gasteiger partial charge in [-0.05, 0) is 25.5 Å². The summed E-state index contributed by atoms with van der Waals surface area (Å²) in [4.78, 5) is 3.63. The Balaban J connectivity index is 2.02. The zero-order chi connectivity index (χ0) is 13.8. The Morgan fingerprint density at radius 2 is 2.19 bits per heavy atom. The first-order chi connectivity index (χ1) is 8.93. The highest BCUT2D eigenvalue weighted by Gasteiger charge is 2.37. The Bertz CT molecular complexity index is 529. The molecule has 2 aliphatic heterocycles. The summed E-state index contributed by atoms with van der Waals surface area (Å²) in [6.07, 6.45) is 3.47. The molecule has 84 valence electrons. The molecule has 0 aromatic heterocycles. The first-order valence-corrected chi connectivity index (χ1v) is 5.67. The molecular formula is C14H18N2. The van der Waals surface area contributed by atoms with E-state index in [2.05, 4.69) is 6.92 Å². The van der Waals surface area contributed by atoms with Crippen LogP contribution in [0.2, 0.25) is 0 Å². The van der Waals surface area contributed by atoms with Crippen molar-refractivity contribution < 1.29 is 4.11 Å². The fourth-order valence-electron chi connectivity index (χ4n) is 2.45. The third-order valence-corrected chi connectivity index (χ3v) is 3.41. The Labute approximate surface area is 101 Å². The molecule has 0 aliphatic carbocycles. The molecule has 0 saturated carbocycles. The van der Waals surface area contributed by atoms with Gasteiger partial charge in [0.25, 0.3) is 0 Å². The lowest BCUT2D eigenvalue weighted by atomic mass is 10.1. The lowest BCUT2D eigenvalue weighted by Gasteiger charge is -2.26. The normalized spacial score (nSPS) is 39.2. The number of hydrogen-bond donors (Lipinski definition) is 0. The molecule has 0 radical (unpaired) electrons. The highest BCUT2D eigenvalue weighted by atomic mass is 15.4. The minimum Gasteiger partial charge on any atom is -0.354 e. The third-order valence-electron chi connectivity index (χ3n) is 3.41. The van der Waals surface area contributed by atoms with Crippen LogP contribution in [0.3, 0.4) is 0 Å². The number of aryl methyl sites for hydroxylation is 1. The fourth-order valence-corrected chi connectivity index (χ4v) is 2.45. The van der Waals surface area contributed by atoms with Crippen molar-refractivity contribution in [3.63, 3.8) is 0 Å². The van der Waals surface area contributed by atoms with E-state index in [1.165, 1.54) is 0 Å². The predicted octanol–water partition coefficient (Wildman–Crippen LogP) is 2.40. The zero-order valence-corrected chi connectivity index (χ0v) is 9.59. The van der Waals surface area contributed by atoms with Gasteiger partial charge in [0, 0.05) is 21.0 Å². The number of benzene rings is 1. The number of nitrogens with zero attached hydrogens (tertiary/aromatic N) is 2. The van der Waals surface area contributed by atoms with E-state index >= 15 is 0 Å². The van der Waals surface area contributed by atoms with Gasteiger partial charge in [-0.3, -0.25) is 4.90 Å². The van der Waals surface area contributed by atoms with Crippen LogP contribution >= 0.6 is 0 Å². The van der Waals surface area contributed by atoms with E-state index in [9.17, 15) is 0 Å². The molecule has 2 aliphatic rings. The van der Waals surface area contributed by atoms with Crippen LogP contribution in [0.1, 0.15) is 16.6 Å². The molecule has 1 aromatic carbocycles. The third kappa shape index (κ3) is 1.37. The zero-order valence-electron chi connectivity index (χ0n) is 12.6. The van der Waals surface area contributed by atoms with E-state index in [1.54, 1.807) is 11.0 Å². The van der Waals surface area contributed by atoms with Crippen molar-refractivity contribution in [3.8, 4) is 0 Å². The van der Waals surface area contributed by atoms with Crippen LogP contribution in [-0.4, -0.2) is 30.1 Å². The van der Waals surface area contributed by atoms with Crippen molar-refractivity contribution in [1.29, 1.82) is 0 Å². The van der Waals surface area contributed by atoms with Gasteiger partial charge < -0.3 is 4.90 Å². The highest BCUT2D eigenvalue weighted by molar-refractivity contribution is 5.55. The Morgan fingerprint density at radius 1 is 1.38 bits per heavy atom. The SMILES string of the molecule is [2H]C1N(c2ccccc2C)[C@@H](C)C2C=CC([2H])([2H])N21. The van der Waals surface area contributed by atoms with E-state index in [1.807, 2.05) is 42.2 Å². The van der Waals surface area contributed by atoms with Crippen LogP contribution in [-0.2, 0) is 0 Å². The van der Waals surface area contributed by atoms with Crippen LogP contribution < -0.4 is 4.90 Å². The molecule has 1 aromatic rings.